The number of Topliss-reactive ketones (excluding diaryl/α,β-unsaturated/α-hetero) is 2. The molecule has 1 rings (SSSR count). The summed E-state index contributed by atoms with van der Waals surface area (Å²) in [6, 6.07) is 0. The molecule has 1 atom stereocenters. The summed E-state index contributed by atoms with van der Waals surface area (Å²) in [5.74, 6) is -0.668. The molecule has 0 saturated heterocycles. The van der Waals surface area contributed by atoms with Crippen LogP contribution in [0.2, 0.25) is 0 Å². The highest BCUT2D eigenvalue weighted by Crippen LogP contribution is 2.18. The maximum absolute atomic E-state index is 10.9. The van der Waals surface area contributed by atoms with Gasteiger partial charge in [-0.3, -0.25) is 9.59 Å². The summed E-state index contributed by atoms with van der Waals surface area (Å²) in [6.07, 6.45) is 3.64. The van der Waals surface area contributed by atoms with Crippen LogP contribution in [-0.2, 0) is 9.59 Å². The number of rotatable bonds is 1. The molecule has 0 amide bonds. The maximum atomic E-state index is 10.9. The van der Waals surface area contributed by atoms with Crippen LogP contribution >= 0.6 is 0 Å². The molecule has 0 heterocycles. The van der Waals surface area contributed by atoms with Crippen LogP contribution in [0.4, 0.5) is 0 Å². The molecular formula is C8H10O2. The molecule has 2 heteroatoms. The standard InChI is InChI=1S/C8H10O2/c1-2-6-4-3-5-7(9)8(6)10/h2,6H,1,3-5H2. The third kappa shape index (κ3) is 1.15. The van der Waals surface area contributed by atoms with Crippen LogP contribution in [0.1, 0.15) is 19.3 Å². The fourth-order valence-corrected chi connectivity index (χ4v) is 1.17. The van der Waals surface area contributed by atoms with Gasteiger partial charge in [0.1, 0.15) is 0 Å². The molecule has 0 radical (unpaired) electrons. The van der Waals surface area contributed by atoms with Crippen molar-refractivity contribution in [2.24, 2.45) is 5.92 Å². The van der Waals surface area contributed by atoms with E-state index >= 15 is 0 Å². The lowest BCUT2D eigenvalue weighted by molar-refractivity contribution is -0.139. The Hall–Kier alpha value is -0.920. The summed E-state index contributed by atoms with van der Waals surface area (Å²) in [5, 5.41) is 0. The molecule has 54 valence electrons. The Balaban J connectivity index is 2.68. The van der Waals surface area contributed by atoms with Crippen molar-refractivity contribution in [3.8, 4) is 0 Å². The van der Waals surface area contributed by atoms with Gasteiger partial charge in [-0.2, -0.15) is 0 Å². The van der Waals surface area contributed by atoms with E-state index in [-0.39, 0.29) is 17.5 Å². The lowest BCUT2D eigenvalue weighted by Crippen LogP contribution is -2.26. The van der Waals surface area contributed by atoms with Gasteiger partial charge in [-0.15, -0.1) is 6.58 Å². The highest BCUT2D eigenvalue weighted by molar-refractivity contribution is 6.38. The molecule has 1 unspecified atom stereocenters. The maximum Gasteiger partial charge on any atom is 0.205 e. The van der Waals surface area contributed by atoms with Crippen LogP contribution in [0.3, 0.4) is 0 Å². The highest BCUT2D eigenvalue weighted by atomic mass is 16.2. The number of allylic oxidation sites excluding steroid dienone is 1. The average molecular weight is 138 g/mol. The smallest absolute Gasteiger partial charge is 0.205 e. The first-order valence-electron chi connectivity index (χ1n) is 3.45. The van der Waals surface area contributed by atoms with Gasteiger partial charge in [0.05, 0.1) is 0 Å². The largest absolute Gasteiger partial charge is 0.291 e. The zero-order valence-electron chi connectivity index (χ0n) is 5.80. The SMILES string of the molecule is C=CC1CCCC(=O)C1=O. The van der Waals surface area contributed by atoms with Gasteiger partial charge in [0.2, 0.25) is 5.78 Å². The molecule has 0 bridgehead atoms. The van der Waals surface area contributed by atoms with Gasteiger partial charge in [-0.25, -0.2) is 0 Å². The molecular weight excluding hydrogens is 128 g/mol. The van der Waals surface area contributed by atoms with E-state index in [0.717, 1.165) is 12.8 Å². The van der Waals surface area contributed by atoms with Crippen molar-refractivity contribution in [2.45, 2.75) is 19.3 Å². The van der Waals surface area contributed by atoms with E-state index in [1.165, 1.54) is 0 Å². The quantitative estimate of drug-likeness (QED) is 0.402. The lowest BCUT2D eigenvalue weighted by Gasteiger charge is -2.14. The molecule has 1 saturated carbocycles. The number of carbonyl (C=O) groups excluding carboxylic acids is 2. The van der Waals surface area contributed by atoms with Crippen molar-refractivity contribution in [1.82, 2.24) is 0 Å². The number of ketones is 2. The summed E-state index contributed by atoms with van der Waals surface area (Å²) in [5.41, 5.74) is 0. The molecule has 10 heavy (non-hydrogen) atoms. The second kappa shape index (κ2) is 2.78. The molecule has 0 N–H and O–H groups in total. The van der Waals surface area contributed by atoms with E-state index in [2.05, 4.69) is 6.58 Å². The lowest BCUT2D eigenvalue weighted by atomic mass is 9.87. The molecule has 0 aromatic rings. The van der Waals surface area contributed by atoms with Crippen LogP contribution in [0.15, 0.2) is 12.7 Å². The van der Waals surface area contributed by atoms with Crippen molar-refractivity contribution >= 4 is 11.6 Å². The molecule has 1 aliphatic carbocycles. The second-order valence-corrected chi connectivity index (χ2v) is 2.52. The predicted octanol–water partition coefficient (Wildman–Crippen LogP) is 1.11. The Morgan fingerprint density at radius 2 is 2.20 bits per heavy atom. The summed E-state index contributed by atoms with van der Waals surface area (Å²) < 4.78 is 0. The Morgan fingerprint density at radius 1 is 1.50 bits per heavy atom. The summed E-state index contributed by atoms with van der Waals surface area (Å²) in [7, 11) is 0. The Labute approximate surface area is 59.9 Å². The van der Waals surface area contributed by atoms with Crippen LogP contribution in [0, 0.1) is 5.92 Å². The van der Waals surface area contributed by atoms with Crippen molar-refractivity contribution in [3.63, 3.8) is 0 Å². The van der Waals surface area contributed by atoms with Crippen LogP contribution in [0.25, 0.3) is 0 Å². The summed E-state index contributed by atoms with van der Waals surface area (Å²) >= 11 is 0. The second-order valence-electron chi connectivity index (χ2n) is 2.52. The van der Waals surface area contributed by atoms with Crippen molar-refractivity contribution in [1.29, 1.82) is 0 Å². The highest BCUT2D eigenvalue weighted by Gasteiger charge is 2.26. The number of hydrogen-bond donors (Lipinski definition) is 0. The molecule has 0 spiro atoms. The Morgan fingerprint density at radius 3 is 2.70 bits per heavy atom. The Bertz CT molecular complexity index is 182. The normalized spacial score (nSPS) is 26.6. The van der Waals surface area contributed by atoms with Crippen LogP contribution in [0.5, 0.6) is 0 Å². The van der Waals surface area contributed by atoms with Crippen LogP contribution in [-0.4, -0.2) is 11.6 Å². The minimum atomic E-state index is -0.249. The molecule has 1 fully saturated rings. The molecule has 1 aliphatic rings. The first-order chi connectivity index (χ1) is 4.75. The average Bonchev–Trinajstić information content (AvgIpc) is 1.95. The Kier molecular flexibility index (Phi) is 2.00. The fourth-order valence-electron chi connectivity index (χ4n) is 1.17. The van der Waals surface area contributed by atoms with Crippen molar-refractivity contribution < 1.29 is 9.59 Å². The fraction of sp³-hybridized carbons (Fsp3) is 0.500. The van der Waals surface area contributed by atoms with Crippen molar-refractivity contribution in [2.75, 3.05) is 0 Å². The minimum Gasteiger partial charge on any atom is -0.291 e. The van der Waals surface area contributed by atoms with E-state index in [0.29, 0.717) is 6.42 Å². The van der Waals surface area contributed by atoms with Gasteiger partial charge in [0.25, 0.3) is 0 Å². The third-order valence-corrected chi connectivity index (χ3v) is 1.82. The number of carbonyl (C=O) groups is 2. The number of hydrogen-bond acceptors (Lipinski definition) is 2. The zero-order chi connectivity index (χ0) is 7.56. The van der Waals surface area contributed by atoms with E-state index in [1.807, 2.05) is 0 Å². The minimum absolute atomic E-state index is 0.193. The van der Waals surface area contributed by atoms with E-state index in [9.17, 15) is 9.59 Å². The van der Waals surface area contributed by atoms with Gasteiger partial charge in [-0.05, 0) is 12.8 Å². The van der Waals surface area contributed by atoms with E-state index in [4.69, 9.17) is 0 Å². The summed E-state index contributed by atoms with van der Waals surface area (Å²) in [4.78, 5) is 21.7. The van der Waals surface area contributed by atoms with Gasteiger partial charge in [-0.1, -0.05) is 6.08 Å². The monoisotopic (exact) mass is 138 g/mol. The van der Waals surface area contributed by atoms with Gasteiger partial charge in [0.15, 0.2) is 5.78 Å². The van der Waals surface area contributed by atoms with Gasteiger partial charge < -0.3 is 0 Å². The van der Waals surface area contributed by atoms with Gasteiger partial charge >= 0.3 is 0 Å². The van der Waals surface area contributed by atoms with Crippen molar-refractivity contribution in [3.05, 3.63) is 12.7 Å². The topological polar surface area (TPSA) is 34.1 Å². The molecule has 0 aliphatic heterocycles. The van der Waals surface area contributed by atoms with E-state index in [1.54, 1.807) is 6.08 Å². The molecule has 2 nitrogen and oxygen atoms in total. The molecule has 0 aromatic heterocycles. The summed E-state index contributed by atoms with van der Waals surface area (Å²) in [6.45, 7) is 3.50. The predicted molar refractivity (Wildman–Crippen MR) is 37.6 cm³/mol. The first-order valence-corrected chi connectivity index (χ1v) is 3.45. The molecule has 0 aromatic carbocycles. The van der Waals surface area contributed by atoms with E-state index < -0.39 is 0 Å². The van der Waals surface area contributed by atoms with Crippen LogP contribution < -0.4 is 0 Å². The van der Waals surface area contributed by atoms with Gasteiger partial charge in [0, 0.05) is 12.3 Å². The third-order valence-electron chi connectivity index (χ3n) is 1.82. The zero-order valence-corrected chi connectivity index (χ0v) is 5.80. The first kappa shape index (κ1) is 7.19.